The molecule has 0 aromatic carbocycles. The molecular weight excluding hydrogens is 308 g/mol. The fourth-order valence-electron chi connectivity index (χ4n) is 3.26. The van der Waals surface area contributed by atoms with Crippen LogP contribution in [0.15, 0.2) is 24.9 Å². The first-order valence-corrected chi connectivity index (χ1v) is 7.96. The van der Waals surface area contributed by atoms with Gasteiger partial charge in [0.1, 0.15) is 5.69 Å². The average molecular weight is 330 g/mol. The number of amides is 2. The van der Waals surface area contributed by atoms with Crippen molar-refractivity contribution in [3.8, 4) is 0 Å². The van der Waals surface area contributed by atoms with Crippen molar-refractivity contribution in [1.82, 2.24) is 29.5 Å². The molecule has 3 heterocycles. The highest BCUT2D eigenvalue weighted by Gasteiger charge is 2.35. The molecule has 1 fully saturated rings. The molecule has 1 N–H and O–H groups in total. The van der Waals surface area contributed by atoms with Crippen LogP contribution in [0.2, 0.25) is 0 Å². The number of aromatic nitrogens is 4. The molecule has 2 atom stereocenters. The molecule has 1 aliphatic rings. The molecule has 0 unspecified atom stereocenters. The Hall–Kier alpha value is -2.64. The molecule has 0 bridgehead atoms. The number of nitrogens with zero attached hydrogens (tertiary/aromatic N) is 5. The van der Waals surface area contributed by atoms with Crippen molar-refractivity contribution in [1.29, 1.82) is 0 Å². The van der Waals surface area contributed by atoms with Gasteiger partial charge in [-0.05, 0) is 6.42 Å². The summed E-state index contributed by atoms with van der Waals surface area (Å²) in [7, 11) is 5.49. The zero-order chi connectivity index (χ0) is 17.3. The van der Waals surface area contributed by atoms with E-state index < -0.39 is 0 Å². The summed E-state index contributed by atoms with van der Waals surface area (Å²) in [6.45, 7) is 0.493. The van der Waals surface area contributed by atoms with Crippen LogP contribution in [-0.2, 0) is 18.9 Å². The smallest absolute Gasteiger partial charge is 0.271 e. The van der Waals surface area contributed by atoms with E-state index in [9.17, 15) is 9.59 Å². The van der Waals surface area contributed by atoms with E-state index in [1.165, 1.54) is 0 Å². The van der Waals surface area contributed by atoms with Gasteiger partial charge in [0.05, 0.1) is 18.6 Å². The minimum Gasteiger partial charge on any atom is -0.350 e. The highest BCUT2D eigenvalue weighted by Crippen LogP contribution is 2.35. The first kappa shape index (κ1) is 16.2. The maximum atomic E-state index is 12.2. The number of likely N-dealkylation sites (tertiary alicyclic amines) is 1. The third kappa shape index (κ3) is 3.17. The number of carbonyl (C=O) groups is 2. The van der Waals surface area contributed by atoms with Crippen molar-refractivity contribution in [2.45, 2.75) is 18.9 Å². The standard InChI is InChI=1S/C16H22N6O2/c1-20-9-13(18-10-20)16(24)17-6-11-4-5-14(23)22(3)15(11)12-7-19-21(2)8-12/h7-11,15H,4-6H2,1-3H3,(H,17,24)/t11-,15+/m1/s1. The lowest BCUT2D eigenvalue weighted by Gasteiger charge is -2.38. The van der Waals surface area contributed by atoms with Crippen molar-refractivity contribution in [3.05, 3.63) is 36.2 Å². The molecule has 2 aromatic heterocycles. The number of piperidine rings is 1. The number of hydrogen-bond donors (Lipinski definition) is 1. The summed E-state index contributed by atoms with van der Waals surface area (Å²) in [4.78, 5) is 30.1. The first-order valence-electron chi connectivity index (χ1n) is 7.96. The Morgan fingerprint density at radius 1 is 1.33 bits per heavy atom. The molecule has 0 spiro atoms. The van der Waals surface area contributed by atoms with Gasteiger partial charge in [-0.3, -0.25) is 14.3 Å². The minimum absolute atomic E-state index is 0.0796. The number of imidazole rings is 1. The minimum atomic E-state index is -0.194. The third-order valence-electron chi connectivity index (χ3n) is 4.51. The summed E-state index contributed by atoms with van der Waals surface area (Å²) in [5.41, 5.74) is 1.39. The van der Waals surface area contributed by atoms with Gasteiger partial charge in [-0.1, -0.05) is 0 Å². The average Bonchev–Trinajstić information content (AvgIpc) is 3.16. The largest absolute Gasteiger partial charge is 0.350 e. The Labute approximate surface area is 140 Å². The lowest BCUT2D eigenvalue weighted by atomic mass is 9.85. The molecule has 3 rings (SSSR count). The molecule has 2 aromatic rings. The molecular formula is C16H22N6O2. The van der Waals surface area contributed by atoms with Gasteiger partial charge in [0, 0.05) is 58.0 Å². The Morgan fingerprint density at radius 2 is 2.12 bits per heavy atom. The summed E-state index contributed by atoms with van der Waals surface area (Å²) in [5, 5.41) is 7.15. The van der Waals surface area contributed by atoms with E-state index in [-0.39, 0.29) is 23.8 Å². The van der Waals surface area contributed by atoms with Crippen LogP contribution < -0.4 is 5.32 Å². The first-order chi connectivity index (χ1) is 11.5. The number of hydrogen-bond acceptors (Lipinski definition) is 4. The van der Waals surface area contributed by atoms with Crippen LogP contribution in [-0.4, -0.2) is 49.6 Å². The van der Waals surface area contributed by atoms with Gasteiger partial charge in [0.25, 0.3) is 5.91 Å². The van der Waals surface area contributed by atoms with Crippen LogP contribution in [0, 0.1) is 5.92 Å². The molecule has 2 amide bonds. The van der Waals surface area contributed by atoms with Crippen LogP contribution >= 0.6 is 0 Å². The molecule has 128 valence electrons. The normalized spacial score (nSPS) is 21.1. The zero-order valence-corrected chi connectivity index (χ0v) is 14.1. The molecule has 1 saturated heterocycles. The molecule has 1 aliphatic heterocycles. The topological polar surface area (TPSA) is 85.1 Å². The fraction of sp³-hybridized carbons (Fsp3) is 0.500. The Kier molecular flexibility index (Phi) is 4.37. The van der Waals surface area contributed by atoms with Crippen molar-refractivity contribution in [2.75, 3.05) is 13.6 Å². The zero-order valence-electron chi connectivity index (χ0n) is 14.1. The van der Waals surface area contributed by atoms with E-state index >= 15 is 0 Å². The predicted molar refractivity (Wildman–Crippen MR) is 87.0 cm³/mol. The van der Waals surface area contributed by atoms with Crippen LogP contribution in [0.1, 0.15) is 34.9 Å². The molecule has 8 nitrogen and oxygen atoms in total. The Morgan fingerprint density at radius 3 is 2.75 bits per heavy atom. The van der Waals surface area contributed by atoms with E-state index in [2.05, 4.69) is 15.4 Å². The summed E-state index contributed by atoms with van der Waals surface area (Å²) in [6.07, 6.45) is 8.23. The molecule has 24 heavy (non-hydrogen) atoms. The second-order valence-electron chi connectivity index (χ2n) is 6.33. The number of aryl methyl sites for hydroxylation is 2. The fourth-order valence-corrected chi connectivity index (χ4v) is 3.26. The Balaban J connectivity index is 1.72. The molecule has 0 radical (unpaired) electrons. The highest BCUT2D eigenvalue weighted by atomic mass is 16.2. The van der Waals surface area contributed by atoms with E-state index in [4.69, 9.17) is 0 Å². The van der Waals surface area contributed by atoms with Crippen LogP contribution in [0.4, 0.5) is 0 Å². The van der Waals surface area contributed by atoms with E-state index in [1.807, 2.05) is 27.3 Å². The van der Waals surface area contributed by atoms with Crippen molar-refractivity contribution >= 4 is 11.8 Å². The summed E-state index contributed by atoms with van der Waals surface area (Å²) < 4.78 is 3.46. The van der Waals surface area contributed by atoms with Crippen molar-refractivity contribution in [3.63, 3.8) is 0 Å². The predicted octanol–water partition coefficient (Wildman–Crippen LogP) is 0.493. The van der Waals surface area contributed by atoms with Crippen LogP contribution in [0.5, 0.6) is 0 Å². The van der Waals surface area contributed by atoms with Gasteiger partial charge < -0.3 is 14.8 Å². The van der Waals surface area contributed by atoms with Gasteiger partial charge in [-0.15, -0.1) is 0 Å². The van der Waals surface area contributed by atoms with Gasteiger partial charge in [0.2, 0.25) is 5.91 Å². The highest BCUT2D eigenvalue weighted by molar-refractivity contribution is 5.92. The van der Waals surface area contributed by atoms with Gasteiger partial charge in [-0.2, -0.15) is 5.10 Å². The quantitative estimate of drug-likeness (QED) is 0.884. The second kappa shape index (κ2) is 6.46. The maximum absolute atomic E-state index is 12.2. The van der Waals surface area contributed by atoms with E-state index in [1.54, 1.807) is 32.9 Å². The Bertz CT molecular complexity index is 749. The van der Waals surface area contributed by atoms with Crippen LogP contribution in [0.3, 0.4) is 0 Å². The number of rotatable bonds is 4. The van der Waals surface area contributed by atoms with Gasteiger partial charge in [-0.25, -0.2) is 4.98 Å². The lowest BCUT2D eigenvalue weighted by molar-refractivity contribution is -0.136. The monoisotopic (exact) mass is 330 g/mol. The van der Waals surface area contributed by atoms with E-state index in [0.717, 1.165) is 12.0 Å². The van der Waals surface area contributed by atoms with Gasteiger partial charge in [0.15, 0.2) is 0 Å². The van der Waals surface area contributed by atoms with Crippen molar-refractivity contribution in [2.24, 2.45) is 20.0 Å². The van der Waals surface area contributed by atoms with Crippen LogP contribution in [0.25, 0.3) is 0 Å². The molecule has 0 saturated carbocycles. The number of nitrogens with one attached hydrogen (secondary N) is 1. The molecule has 8 heteroatoms. The molecule has 0 aliphatic carbocycles. The number of carbonyl (C=O) groups excluding carboxylic acids is 2. The summed E-state index contributed by atoms with van der Waals surface area (Å²) >= 11 is 0. The lowest BCUT2D eigenvalue weighted by Crippen LogP contribution is -2.44. The van der Waals surface area contributed by atoms with E-state index in [0.29, 0.717) is 18.7 Å². The summed E-state index contributed by atoms with van der Waals surface area (Å²) in [6, 6.07) is -0.0796. The van der Waals surface area contributed by atoms with Crippen molar-refractivity contribution < 1.29 is 9.59 Å². The maximum Gasteiger partial charge on any atom is 0.271 e. The SMILES string of the molecule is CN1C(=O)CC[C@H](CNC(=O)c2cn(C)cn2)[C@H]1c1cnn(C)c1. The summed E-state index contributed by atoms with van der Waals surface area (Å²) in [5.74, 6) is 0.0702. The van der Waals surface area contributed by atoms with Gasteiger partial charge >= 0.3 is 0 Å². The second-order valence-corrected chi connectivity index (χ2v) is 6.33. The third-order valence-corrected chi connectivity index (χ3v) is 4.51.